The van der Waals surface area contributed by atoms with E-state index in [0.717, 1.165) is 11.1 Å². The van der Waals surface area contributed by atoms with E-state index < -0.39 is 5.91 Å². The van der Waals surface area contributed by atoms with Crippen LogP contribution in [0.5, 0.6) is 0 Å². The normalized spacial score (nSPS) is 10.7. The third-order valence-corrected chi connectivity index (χ3v) is 3.90. The SMILES string of the molecule is N#CCC(=O)Nc1nc2ccc(-c3ccc4ccccc4c3)cn2n1. The molecule has 0 bridgehead atoms. The minimum absolute atomic E-state index is 0.191. The Balaban J connectivity index is 1.70. The van der Waals surface area contributed by atoms with Crippen molar-refractivity contribution in [2.75, 3.05) is 5.32 Å². The molecule has 1 N–H and O–H groups in total. The Kier molecular flexibility index (Phi) is 3.60. The smallest absolute Gasteiger partial charge is 0.249 e. The first-order chi connectivity index (χ1) is 12.2. The van der Waals surface area contributed by atoms with Crippen molar-refractivity contribution >= 4 is 28.3 Å². The molecule has 0 aliphatic carbocycles. The fourth-order valence-electron chi connectivity index (χ4n) is 2.72. The highest BCUT2D eigenvalue weighted by Gasteiger charge is 2.08. The van der Waals surface area contributed by atoms with E-state index in [0.29, 0.717) is 5.65 Å². The Hall–Kier alpha value is -3.72. The molecule has 0 unspecified atom stereocenters. The van der Waals surface area contributed by atoms with E-state index in [1.807, 2.05) is 30.5 Å². The maximum atomic E-state index is 11.5. The number of aromatic nitrogens is 3. The summed E-state index contributed by atoms with van der Waals surface area (Å²) in [5, 5.41) is 17.7. The lowest BCUT2D eigenvalue weighted by molar-refractivity contribution is -0.115. The van der Waals surface area contributed by atoms with Crippen LogP contribution in [0.4, 0.5) is 5.95 Å². The van der Waals surface area contributed by atoms with Crippen LogP contribution in [0.25, 0.3) is 27.5 Å². The van der Waals surface area contributed by atoms with Gasteiger partial charge in [-0.15, -0.1) is 5.10 Å². The number of benzene rings is 2. The van der Waals surface area contributed by atoms with Crippen LogP contribution in [0.1, 0.15) is 6.42 Å². The first-order valence-electron chi connectivity index (χ1n) is 7.75. The third-order valence-electron chi connectivity index (χ3n) is 3.90. The van der Waals surface area contributed by atoms with Gasteiger partial charge in [-0.05, 0) is 34.5 Å². The molecule has 0 atom stereocenters. The summed E-state index contributed by atoms with van der Waals surface area (Å²) in [5.41, 5.74) is 2.70. The molecule has 2 heterocycles. The molecule has 0 aliphatic heterocycles. The lowest BCUT2D eigenvalue weighted by atomic mass is 10.0. The van der Waals surface area contributed by atoms with Gasteiger partial charge in [-0.3, -0.25) is 10.1 Å². The van der Waals surface area contributed by atoms with Gasteiger partial charge in [-0.1, -0.05) is 36.4 Å². The molecule has 0 saturated carbocycles. The quantitative estimate of drug-likeness (QED) is 0.625. The van der Waals surface area contributed by atoms with Crippen LogP contribution >= 0.6 is 0 Å². The Morgan fingerprint density at radius 2 is 1.88 bits per heavy atom. The van der Waals surface area contributed by atoms with E-state index in [9.17, 15) is 4.79 Å². The molecule has 4 rings (SSSR count). The van der Waals surface area contributed by atoms with E-state index in [-0.39, 0.29) is 12.4 Å². The Bertz CT molecular complexity index is 1140. The number of nitriles is 1. The first-order valence-corrected chi connectivity index (χ1v) is 7.75. The Labute approximate surface area is 143 Å². The van der Waals surface area contributed by atoms with E-state index in [4.69, 9.17) is 5.26 Å². The summed E-state index contributed by atoms with van der Waals surface area (Å²) >= 11 is 0. The second kappa shape index (κ2) is 6.06. The van der Waals surface area contributed by atoms with Crippen LogP contribution < -0.4 is 5.32 Å². The van der Waals surface area contributed by atoms with Gasteiger partial charge in [0.1, 0.15) is 6.42 Å². The van der Waals surface area contributed by atoms with Crippen LogP contribution in [-0.4, -0.2) is 20.5 Å². The number of nitrogens with one attached hydrogen (secondary N) is 1. The molecule has 1 amide bonds. The minimum atomic E-state index is -0.423. The molecule has 0 aliphatic rings. The predicted molar refractivity (Wildman–Crippen MR) is 94.8 cm³/mol. The molecule has 25 heavy (non-hydrogen) atoms. The molecule has 6 heteroatoms. The maximum absolute atomic E-state index is 11.5. The van der Waals surface area contributed by atoms with Gasteiger partial charge < -0.3 is 0 Å². The van der Waals surface area contributed by atoms with Crippen molar-refractivity contribution in [3.63, 3.8) is 0 Å². The van der Waals surface area contributed by atoms with Gasteiger partial charge >= 0.3 is 0 Å². The summed E-state index contributed by atoms with van der Waals surface area (Å²) < 4.78 is 1.62. The number of amides is 1. The Morgan fingerprint density at radius 3 is 2.72 bits per heavy atom. The van der Waals surface area contributed by atoms with Gasteiger partial charge in [0.15, 0.2) is 5.65 Å². The summed E-state index contributed by atoms with van der Waals surface area (Å²) in [5.74, 6) is -0.232. The summed E-state index contributed by atoms with van der Waals surface area (Å²) in [6.07, 6.45) is 1.64. The second-order valence-electron chi connectivity index (χ2n) is 5.60. The summed E-state index contributed by atoms with van der Waals surface area (Å²) in [6.45, 7) is 0. The van der Waals surface area contributed by atoms with Crippen LogP contribution in [0.15, 0.2) is 60.8 Å². The lowest BCUT2D eigenvalue weighted by Crippen LogP contribution is -2.11. The number of rotatable bonds is 3. The van der Waals surface area contributed by atoms with Crippen molar-refractivity contribution in [2.45, 2.75) is 6.42 Å². The molecule has 6 nitrogen and oxygen atoms in total. The zero-order chi connectivity index (χ0) is 17.2. The highest BCUT2D eigenvalue weighted by Crippen LogP contribution is 2.24. The van der Waals surface area contributed by atoms with Crippen molar-refractivity contribution in [1.29, 1.82) is 5.26 Å². The van der Waals surface area contributed by atoms with Crippen molar-refractivity contribution < 1.29 is 4.79 Å². The van der Waals surface area contributed by atoms with Gasteiger partial charge in [-0.25, -0.2) is 4.52 Å². The predicted octanol–water partition coefficient (Wildman–Crippen LogP) is 3.40. The van der Waals surface area contributed by atoms with Gasteiger partial charge in [0.2, 0.25) is 11.9 Å². The number of nitrogens with zero attached hydrogens (tertiary/aromatic N) is 4. The van der Waals surface area contributed by atoms with Crippen LogP contribution in [-0.2, 0) is 4.79 Å². The lowest BCUT2D eigenvalue weighted by Gasteiger charge is -2.04. The Morgan fingerprint density at radius 1 is 1.08 bits per heavy atom. The summed E-state index contributed by atoms with van der Waals surface area (Å²) in [7, 11) is 0. The average Bonchev–Trinajstić information content (AvgIpc) is 3.02. The molecule has 0 spiro atoms. The van der Waals surface area contributed by atoms with Crippen molar-refractivity contribution in [1.82, 2.24) is 14.6 Å². The van der Waals surface area contributed by atoms with E-state index in [1.54, 1.807) is 10.6 Å². The third kappa shape index (κ3) is 2.91. The highest BCUT2D eigenvalue weighted by atomic mass is 16.1. The van der Waals surface area contributed by atoms with Crippen LogP contribution in [0, 0.1) is 11.3 Å². The summed E-state index contributed by atoms with van der Waals surface area (Å²) in [6, 6.07) is 20.1. The van der Waals surface area contributed by atoms with E-state index >= 15 is 0 Å². The van der Waals surface area contributed by atoms with Gasteiger partial charge in [-0.2, -0.15) is 10.2 Å². The fourth-order valence-corrected chi connectivity index (χ4v) is 2.72. The average molecular weight is 327 g/mol. The first kappa shape index (κ1) is 14.8. The maximum Gasteiger partial charge on any atom is 0.249 e. The topological polar surface area (TPSA) is 83.1 Å². The van der Waals surface area contributed by atoms with Gasteiger partial charge in [0.05, 0.1) is 6.07 Å². The van der Waals surface area contributed by atoms with Gasteiger partial charge in [0.25, 0.3) is 0 Å². The van der Waals surface area contributed by atoms with Crippen molar-refractivity contribution in [2.24, 2.45) is 0 Å². The highest BCUT2D eigenvalue weighted by molar-refractivity contribution is 5.90. The molecule has 0 radical (unpaired) electrons. The number of hydrogen-bond acceptors (Lipinski definition) is 4. The van der Waals surface area contributed by atoms with E-state index in [1.165, 1.54) is 10.8 Å². The monoisotopic (exact) mass is 327 g/mol. The number of pyridine rings is 1. The number of hydrogen-bond donors (Lipinski definition) is 1. The molecule has 2 aromatic carbocycles. The molecule has 2 aromatic heterocycles. The number of carbonyl (C=O) groups excluding carboxylic acids is 1. The largest absolute Gasteiger partial charge is 0.292 e. The zero-order valence-electron chi connectivity index (χ0n) is 13.2. The molecular formula is C19H13N5O. The molecular weight excluding hydrogens is 314 g/mol. The number of fused-ring (bicyclic) bond motifs is 2. The van der Waals surface area contributed by atoms with Crippen LogP contribution in [0.3, 0.4) is 0 Å². The number of carbonyl (C=O) groups is 1. The second-order valence-corrected chi connectivity index (χ2v) is 5.60. The van der Waals surface area contributed by atoms with Crippen LogP contribution in [0.2, 0.25) is 0 Å². The molecule has 120 valence electrons. The standard InChI is InChI=1S/C19H13N5O/c20-10-9-18(25)22-19-21-17-8-7-16(12-24(17)23-19)15-6-5-13-3-1-2-4-14(13)11-15/h1-8,11-12H,9H2,(H,22,23,25). The molecule has 0 saturated heterocycles. The van der Waals surface area contributed by atoms with Gasteiger partial charge in [0, 0.05) is 11.8 Å². The molecule has 4 aromatic rings. The van der Waals surface area contributed by atoms with Crippen molar-refractivity contribution in [3.8, 4) is 17.2 Å². The fraction of sp³-hybridized carbons (Fsp3) is 0.0526. The molecule has 0 fully saturated rings. The summed E-state index contributed by atoms with van der Waals surface area (Å²) in [4.78, 5) is 15.7. The van der Waals surface area contributed by atoms with Crippen molar-refractivity contribution in [3.05, 3.63) is 60.8 Å². The number of anilines is 1. The zero-order valence-corrected chi connectivity index (χ0v) is 13.2. The minimum Gasteiger partial charge on any atom is -0.292 e. The van der Waals surface area contributed by atoms with E-state index in [2.05, 4.69) is 45.7 Å².